The quantitative estimate of drug-likeness (QED) is 0.860. The Kier molecular flexibility index (Phi) is 4.58. The van der Waals surface area contributed by atoms with Crippen molar-refractivity contribution in [3.63, 3.8) is 0 Å². The van der Waals surface area contributed by atoms with Gasteiger partial charge in [-0.05, 0) is 29.8 Å². The number of rotatable bonds is 4. The van der Waals surface area contributed by atoms with Crippen molar-refractivity contribution in [1.29, 1.82) is 0 Å². The SMILES string of the molecule is Fc1cccc(CN2CCN(Cc3ccccn3)CC2)c1. The van der Waals surface area contributed by atoms with Crippen molar-refractivity contribution in [2.24, 2.45) is 0 Å². The van der Waals surface area contributed by atoms with Crippen LogP contribution in [-0.4, -0.2) is 41.0 Å². The summed E-state index contributed by atoms with van der Waals surface area (Å²) in [7, 11) is 0. The van der Waals surface area contributed by atoms with E-state index in [0.29, 0.717) is 0 Å². The molecule has 0 spiro atoms. The maximum absolute atomic E-state index is 13.2. The Bertz CT molecular complexity index is 565. The van der Waals surface area contributed by atoms with Gasteiger partial charge in [-0.1, -0.05) is 18.2 Å². The molecule has 0 radical (unpaired) electrons. The molecule has 4 heteroatoms. The second kappa shape index (κ2) is 6.78. The Morgan fingerprint density at radius 3 is 2.33 bits per heavy atom. The molecule has 2 heterocycles. The van der Waals surface area contributed by atoms with Crippen LogP contribution in [0.1, 0.15) is 11.3 Å². The summed E-state index contributed by atoms with van der Waals surface area (Å²) in [5, 5.41) is 0. The van der Waals surface area contributed by atoms with E-state index in [-0.39, 0.29) is 5.82 Å². The number of hydrogen-bond acceptors (Lipinski definition) is 3. The molecule has 110 valence electrons. The molecule has 1 aliphatic rings. The highest BCUT2D eigenvalue weighted by Gasteiger charge is 2.17. The molecule has 1 aromatic carbocycles. The van der Waals surface area contributed by atoms with Crippen molar-refractivity contribution in [1.82, 2.24) is 14.8 Å². The molecule has 2 aromatic rings. The lowest BCUT2D eigenvalue weighted by molar-refractivity contribution is 0.121. The van der Waals surface area contributed by atoms with Crippen LogP contribution in [-0.2, 0) is 13.1 Å². The smallest absolute Gasteiger partial charge is 0.123 e. The number of halogens is 1. The molecular weight excluding hydrogens is 265 g/mol. The minimum absolute atomic E-state index is 0.152. The first-order valence-corrected chi connectivity index (χ1v) is 7.39. The van der Waals surface area contributed by atoms with Crippen LogP contribution >= 0.6 is 0 Å². The van der Waals surface area contributed by atoms with Crippen molar-refractivity contribution in [2.75, 3.05) is 26.2 Å². The minimum Gasteiger partial charge on any atom is -0.297 e. The molecule has 1 aliphatic heterocycles. The van der Waals surface area contributed by atoms with Crippen LogP contribution in [0.15, 0.2) is 48.7 Å². The second-order valence-corrected chi connectivity index (χ2v) is 5.50. The molecule has 0 amide bonds. The predicted octanol–water partition coefficient (Wildman–Crippen LogP) is 2.54. The summed E-state index contributed by atoms with van der Waals surface area (Å²) < 4.78 is 13.2. The van der Waals surface area contributed by atoms with Crippen molar-refractivity contribution in [2.45, 2.75) is 13.1 Å². The van der Waals surface area contributed by atoms with Gasteiger partial charge >= 0.3 is 0 Å². The highest BCUT2D eigenvalue weighted by atomic mass is 19.1. The van der Waals surface area contributed by atoms with Crippen LogP contribution in [0.2, 0.25) is 0 Å². The predicted molar refractivity (Wildman–Crippen MR) is 81.2 cm³/mol. The van der Waals surface area contributed by atoms with Crippen molar-refractivity contribution >= 4 is 0 Å². The van der Waals surface area contributed by atoms with E-state index in [4.69, 9.17) is 0 Å². The monoisotopic (exact) mass is 285 g/mol. The van der Waals surface area contributed by atoms with Gasteiger partial charge in [0.15, 0.2) is 0 Å². The summed E-state index contributed by atoms with van der Waals surface area (Å²) in [6, 6.07) is 12.9. The van der Waals surface area contributed by atoms with E-state index in [0.717, 1.165) is 50.5 Å². The molecule has 0 N–H and O–H groups in total. The van der Waals surface area contributed by atoms with Crippen LogP contribution in [0.5, 0.6) is 0 Å². The van der Waals surface area contributed by atoms with Crippen LogP contribution < -0.4 is 0 Å². The second-order valence-electron chi connectivity index (χ2n) is 5.50. The molecule has 3 nitrogen and oxygen atoms in total. The molecule has 1 fully saturated rings. The van der Waals surface area contributed by atoms with Gasteiger partial charge in [0.05, 0.1) is 5.69 Å². The van der Waals surface area contributed by atoms with Gasteiger partial charge in [-0.2, -0.15) is 0 Å². The summed E-state index contributed by atoms with van der Waals surface area (Å²) >= 11 is 0. The van der Waals surface area contributed by atoms with Gasteiger partial charge in [-0.15, -0.1) is 0 Å². The third kappa shape index (κ3) is 4.09. The molecule has 0 atom stereocenters. The van der Waals surface area contributed by atoms with Crippen LogP contribution in [0, 0.1) is 5.82 Å². The van der Waals surface area contributed by atoms with Crippen LogP contribution in [0.3, 0.4) is 0 Å². The van der Waals surface area contributed by atoms with E-state index >= 15 is 0 Å². The number of benzene rings is 1. The van der Waals surface area contributed by atoms with E-state index < -0.39 is 0 Å². The Hall–Kier alpha value is -1.78. The summed E-state index contributed by atoms with van der Waals surface area (Å²) in [5.41, 5.74) is 2.17. The first-order valence-electron chi connectivity index (χ1n) is 7.39. The average molecular weight is 285 g/mol. The highest BCUT2D eigenvalue weighted by molar-refractivity contribution is 5.16. The topological polar surface area (TPSA) is 19.4 Å². The van der Waals surface area contributed by atoms with Gasteiger partial charge in [0.1, 0.15) is 5.82 Å². The number of nitrogens with zero attached hydrogens (tertiary/aromatic N) is 3. The molecule has 21 heavy (non-hydrogen) atoms. The van der Waals surface area contributed by atoms with Gasteiger partial charge in [0.25, 0.3) is 0 Å². The fourth-order valence-electron chi connectivity index (χ4n) is 2.72. The molecule has 0 aliphatic carbocycles. The number of aromatic nitrogens is 1. The van der Waals surface area contributed by atoms with E-state index in [1.807, 2.05) is 24.4 Å². The number of hydrogen-bond donors (Lipinski definition) is 0. The van der Waals surface area contributed by atoms with Crippen LogP contribution in [0.25, 0.3) is 0 Å². The van der Waals surface area contributed by atoms with Gasteiger partial charge in [0, 0.05) is 45.5 Å². The molecule has 0 unspecified atom stereocenters. The minimum atomic E-state index is -0.152. The summed E-state index contributed by atoms with van der Waals surface area (Å²) in [6.45, 7) is 5.84. The molecule has 3 rings (SSSR count). The van der Waals surface area contributed by atoms with Crippen molar-refractivity contribution < 1.29 is 4.39 Å². The third-order valence-corrected chi connectivity index (χ3v) is 3.87. The van der Waals surface area contributed by atoms with E-state index in [1.54, 1.807) is 12.1 Å². The largest absolute Gasteiger partial charge is 0.297 e. The zero-order chi connectivity index (χ0) is 14.5. The van der Waals surface area contributed by atoms with E-state index in [1.165, 1.54) is 6.07 Å². The molecule has 0 saturated carbocycles. The maximum Gasteiger partial charge on any atom is 0.123 e. The molecule has 0 bridgehead atoms. The molecule has 1 aromatic heterocycles. The summed E-state index contributed by atoms with van der Waals surface area (Å²) in [4.78, 5) is 9.17. The fourth-order valence-corrected chi connectivity index (χ4v) is 2.72. The first-order chi connectivity index (χ1) is 10.3. The number of piperazine rings is 1. The summed E-state index contributed by atoms with van der Waals surface area (Å²) in [5.74, 6) is -0.152. The Balaban J connectivity index is 1.49. The van der Waals surface area contributed by atoms with Gasteiger partial charge in [-0.25, -0.2) is 4.39 Å². The maximum atomic E-state index is 13.2. The number of pyridine rings is 1. The van der Waals surface area contributed by atoms with E-state index in [2.05, 4.69) is 20.9 Å². The van der Waals surface area contributed by atoms with E-state index in [9.17, 15) is 4.39 Å². The zero-order valence-corrected chi connectivity index (χ0v) is 12.1. The third-order valence-electron chi connectivity index (χ3n) is 3.87. The van der Waals surface area contributed by atoms with Crippen molar-refractivity contribution in [3.05, 3.63) is 65.7 Å². The Morgan fingerprint density at radius 2 is 1.67 bits per heavy atom. The Morgan fingerprint density at radius 1 is 0.905 bits per heavy atom. The highest BCUT2D eigenvalue weighted by Crippen LogP contribution is 2.11. The summed E-state index contributed by atoms with van der Waals surface area (Å²) in [6.07, 6.45) is 1.84. The lowest BCUT2D eigenvalue weighted by atomic mass is 10.2. The Labute approximate surface area is 125 Å². The van der Waals surface area contributed by atoms with Gasteiger partial charge in [-0.3, -0.25) is 14.8 Å². The van der Waals surface area contributed by atoms with Crippen molar-refractivity contribution in [3.8, 4) is 0 Å². The zero-order valence-electron chi connectivity index (χ0n) is 12.1. The standard InChI is InChI=1S/C17H20FN3/c18-16-5-3-4-15(12-16)13-20-8-10-21(11-9-20)14-17-6-1-2-7-19-17/h1-7,12H,8-11,13-14H2. The fraction of sp³-hybridized carbons (Fsp3) is 0.353. The normalized spacial score (nSPS) is 17.0. The molecule has 1 saturated heterocycles. The average Bonchev–Trinajstić information content (AvgIpc) is 2.50. The lowest BCUT2D eigenvalue weighted by Gasteiger charge is -2.34. The lowest BCUT2D eigenvalue weighted by Crippen LogP contribution is -2.45. The van der Waals surface area contributed by atoms with Crippen LogP contribution in [0.4, 0.5) is 4.39 Å². The van der Waals surface area contributed by atoms with Gasteiger partial charge < -0.3 is 0 Å². The first kappa shape index (κ1) is 14.2. The van der Waals surface area contributed by atoms with Gasteiger partial charge in [0.2, 0.25) is 0 Å². The molecular formula is C17H20FN3.